The van der Waals surface area contributed by atoms with Crippen LogP contribution in [0.25, 0.3) is 0 Å². The first-order chi connectivity index (χ1) is 16.8. The van der Waals surface area contributed by atoms with Gasteiger partial charge in [-0.25, -0.2) is 12.8 Å². The van der Waals surface area contributed by atoms with E-state index in [0.29, 0.717) is 0 Å². The third kappa shape index (κ3) is 6.37. The molecule has 0 aliphatic carbocycles. The molecule has 1 aliphatic rings. The number of likely N-dealkylation sites (tertiary alicyclic amines) is 1. The highest BCUT2D eigenvalue weighted by molar-refractivity contribution is 7.92. The Kier molecular flexibility index (Phi) is 7.67. The van der Waals surface area contributed by atoms with Crippen molar-refractivity contribution in [3.8, 4) is 5.75 Å². The Bertz CT molecular complexity index is 1290. The number of halogens is 1. The van der Waals surface area contributed by atoms with Crippen molar-refractivity contribution in [1.29, 1.82) is 0 Å². The van der Waals surface area contributed by atoms with Crippen molar-refractivity contribution in [3.63, 3.8) is 0 Å². The number of methoxy groups -OCH3 is 1. The van der Waals surface area contributed by atoms with E-state index in [-0.39, 0.29) is 28.1 Å². The molecule has 1 fully saturated rings. The zero-order valence-corrected chi connectivity index (χ0v) is 20.2. The van der Waals surface area contributed by atoms with Crippen LogP contribution in [0.15, 0.2) is 77.7 Å². The van der Waals surface area contributed by atoms with Gasteiger partial charge in [0.2, 0.25) is 0 Å². The van der Waals surface area contributed by atoms with Crippen molar-refractivity contribution in [3.05, 3.63) is 89.7 Å². The first-order valence-electron chi connectivity index (χ1n) is 11.4. The molecule has 0 unspecified atom stereocenters. The molecule has 1 amide bonds. The number of hydrogen-bond acceptors (Lipinski definition) is 5. The molecule has 0 spiro atoms. The summed E-state index contributed by atoms with van der Waals surface area (Å²) in [6, 6.07) is 19.2. The van der Waals surface area contributed by atoms with E-state index >= 15 is 0 Å². The highest BCUT2D eigenvalue weighted by atomic mass is 32.2. The number of piperidine rings is 1. The maximum absolute atomic E-state index is 13.9. The van der Waals surface area contributed by atoms with Crippen LogP contribution in [0.1, 0.15) is 28.8 Å². The van der Waals surface area contributed by atoms with E-state index in [4.69, 9.17) is 4.74 Å². The third-order valence-electron chi connectivity index (χ3n) is 5.99. The Hall–Kier alpha value is -3.43. The summed E-state index contributed by atoms with van der Waals surface area (Å²) in [6.07, 6.45) is 1.59. The molecule has 1 aliphatic heterocycles. The normalized spacial score (nSPS) is 14.9. The van der Waals surface area contributed by atoms with Gasteiger partial charge < -0.3 is 10.1 Å². The van der Waals surface area contributed by atoms with Crippen LogP contribution in [0.2, 0.25) is 0 Å². The first-order valence-corrected chi connectivity index (χ1v) is 12.9. The maximum atomic E-state index is 13.9. The lowest BCUT2D eigenvalue weighted by molar-refractivity contribution is 0.0908. The second-order valence-electron chi connectivity index (χ2n) is 8.49. The van der Waals surface area contributed by atoms with Gasteiger partial charge in [-0.15, -0.1) is 0 Å². The van der Waals surface area contributed by atoms with Gasteiger partial charge in [-0.05, 0) is 60.9 Å². The highest BCUT2D eigenvalue weighted by Gasteiger charge is 2.23. The lowest BCUT2D eigenvalue weighted by atomic mass is 10.0. The Morgan fingerprint density at radius 1 is 1.03 bits per heavy atom. The molecule has 0 saturated carbocycles. The molecule has 0 atom stereocenters. The molecule has 1 saturated heterocycles. The number of rotatable bonds is 8. The number of carbonyl (C=O) groups is 1. The summed E-state index contributed by atoms with van der Waals surface area (Å²) in [7, 11) is -2.40. The number of amides is 1. The van der Waals surface area contributed by atoms with Gasteiger partial charge in [0.25, 0.3) is 15.9 Å². The molecule has 2 N–H and O–H groups in total. The number of sulfonamides is 1. The summed E-state index contributed by atoms with van der Waals surface area (Å²) in [5, 5.41) is 3.01. The second kappa shape index (κ2) is 10.9. The molecule has 35 heavy (non-hydrogen) atoms. The van der Waals surface area contributed by atoms with Crippen molar-refractivity contribution in [1.82, 2.24) is 10.2 Å². The van der Waals surface area contributed by atoms with Gasteiger partial charge in [0.05, 0.1) is 17.7 Å². The number of nitrogens with zero attached hydrogens (tertiary/aromatic N) is 1. The molecule has 3 aromatic rings. The number of hydrogen-bond donors (Lipinski definition) is 2. The van der Waals surface area contributed by atoms with Crippen molar-refractivity contribution in [2.75, 3.05) is 24.9 Å². The number of benzene rings is 3. The number of para-hydroxylation sites is 1. The van der Waals surface area contributed by atoms with Crippen molar-refractivity contribution >= 4 is 21.6 Å². The fourth-order valence-corrected chi connectivity index (χ4v) is 5.20. The summed E-state index contributed by atoms with van der Waals surface area (Å²) in [5.74, 6) is -0.181. The van der Waals surface area contributed by atoms with Gasteiger partial charge in [-0.2, -0.15) is 0 Å². The third-order valence-corrected chi connectivity index (χ3v) is 7.35. The lowest BCUT2D eigenvalue weighted by Gasteiger charge is -2.32. The van der Waals surface area contributed by atoms with Crippen molar-refractivity contribution < 1.29 is 22.3 Å². The molecular weight excluding hydrogens is 469 g/mol. The predicted molar refractivity (Wildman–Crippen MR) is 132 cm³/mol. The Balaban J connectivity index is 1.34. The zero-order chi connectivity index (χ0) is 24.8. The smallest absolute Gasteiger partial charge is 0.262 e. The fraction of sp³-hybridized carbons (Fsp3) is 0.269. The van der Waals surface area contributed by atoms with E-state index in [1.54, 1.807) is 13.2 Å². The molecule has 0 radical (unpaired) electrons. The molecule has 4 rings (SSSR count). The molecular formula is C26H28FN3O4S. The number of nitrogens with one attached hydrogen (secondary N) is 2. The van der Waals surface area contributed by atoms with Crippen molar-refractivity contribution in [2.24, 2.45) is 0 Å². The molecule has 3 aromatic carbocycles. The fourth-order valence-electron chi connectivity index (χ4n) is 4.09. The standard InChI is InChI=1S/C26H28FN3O4S/c1-34-22-8-4-6-19(16-22)18-30-14-12-21(13-15-30)28-26(31)20-7-5-9-23(17-20)35(32,33)29-25-11-3-2-10-24(25)27/h2-11,16-17,21,29H,12-15,18H2,1H3,(H,28,31). The Morgan fingerprint density at radius 3 is 2.51 bits per heavy atom. The van der Waals surface area contributed by atoms with Gasteiger partial charge >= 0.3 is 0 Å². The molecule has 9 heteroatoms. The molecule has 1 heterocycles. The summed E-state index contributed by atoms with van der Waals surface area (Å²) >= 11 is 0. The molecule has 0 bridgehead atoms. The van der Waals surface area contributed by atoms with Gasteiger partial charge in [-0.1, -0.05) is 30.3 Å². The molecule has 184 valence electrons. The van der Waals surface area contributed by atoms with Crippen LogP contribution in [0.4, 0.5) is 10.1 Å². The maximum Gasteiger partial charge on any atom is 0.262 e. The quantitative estimate of drug-likeness (QED) is 0.491. The average Bonchev–Trinajstić information content (AvgIpc) is 2.87. The van der Waals surface area contributed by atoms with Crippen LogP contribution in [0, 0.1) is 5.82 Å². The summed E-state index contributed by atoms with van der Waals surface area (Å²) in [5.41, 5.74) is 1.26. The van der Waals surface area contributed by atoms with Crippen LogP contribution in [-0.4, -0.2) is 45.5 Å². The van der Waals surface area contributed by atoms with Gasteiger partial charge in [0, 0.05) is 31.2 Å². The van der Waals surface area contributed by atoms with Crippen LogP contribution in [0.3, 0.4) is 0 Å². The zero-order valence-electron chi connectivity index (χ0n) is 19.4. The average molecular weight is 498 g/mol. The minimum Gasteiger partial charge on any atom is -0.497 e. The topological polar surface area (TPSA) is 87.7 Å². The van der Waals surface area contributed by atoms with Crippen LogP contribution >= 0.6 is 0 Å². The van der Waals surface area contributed by atoms with Gasteiger partial charge in [-0.3, -0.25) is 14.4 Å². The van der Waals surface area contributed by atoms with E-state index in [0.717, 1.165) is 38.2 Å². The molecule has 7 nitrogen and oxygen atoms in total. The van der Waals surface area contributed by atoms with E-state index < -0.39 is 15.8 Å². The van der Waals surface area contributed by atoms with E-state index in [2.05, 4.69) is 21.0 Å². The number of ether oxygens (including phenoxy) is 1. The number of carbonyl (C=O) groups excluding carboxylic acids is 1. The first kappa shape index (κ1) is 24.7. The largest absolute Gasteiger partial charge is 0.497 e. The van der Waals surface area contributed by atoms with E-state index in [1.165, 1.54) is 48.0 Å². The minimum atomic E-state index is -4.05. The second-order valence-corrected chi connectivity index (χ2v) is 10.2. The number of anilines is 1. The van der Waals surface area contributed by atoms with Crippen LogP contribution in [0.5, 0.6) is 5.75 Å². The van der Waals surface area contributed by atoms with E-state index in [1.807, 2.05) is 18.2 Å². The van der Waals surface area contributed by atoms with Crippen LogP contribution in [-0.2, 0) is 16.6 Å². The minimum absolute atomic E-state index is 0.000798. The van der Waals surface area contributed by atoms with Gasteiger partial charge in [0.1, 0.15) is 11.6 Å². The van der Waals surface area contributed by atoms with Gasteiger partial charge in [0.15, 0.2) is 0 Å². The Labute approximate surface area is 205 Å². The summed E-state index contributed by atoms with van der Waals surface area (Å²) < 4.78 is 46.9. The summed E-state index contributed by atoms with van der Waals surface area (Å²) in [6.45, 7) is 2.49. The SMILES string of the molecule is COc1cccc(CN2CCC(NC(=O)c3cccc(S(=O)(=O)Nc4ccccc4F)c3)CC2)c1. The highest BCUT2D eigenvalue weighted by Crippen LogP contribution is 2.21. The summed E-state index contributed by atoms with van der Waals surface area (Å²) in [4.78, 5) is 15.1. The van der Waals surface area contributed by atoms with Crippen LogP contribution < -0.4 is 14.8 Å². The Morgan fingerprint density at radius 2 is 1.77 bits per heavy atom. The molecule has 0 aromatic heterocycles. The van der Waals surface area contributed by atoms with E-state index in [9.17, 15) is 17.6 Å². The predicted octanol–water partition coefficient (Wildman–Crippen LogP) is 4.03. The monoisotopic (exact) mass is 497 g/mol. The van der Waals surface area contributed by atoms with Crippen molar-refractivity contribution in [2.45, 2.75) is 30.3 Å². The lowest BCUT2D eigenvalue weighted by Crippen LogP contribution is -2.44.